The number of nitro groups is 1. The topological polar surface area (TPSA) is 96.0 Å². The van der Waals surface area contributed by atoms with Crippen molar-refractivity contribution in [1.82, 2.24) is 5.01 Å². The number of carbonyl (C=O) groups excluding carboxylic acids is 1. The lowest BCUT2D eigenvalue weighted by Crippen LogP contribution is -2.57. The molecule has 7 nitrogen and oxygen atoms in total. The Labute approximate surface area is 153 Å². The van der Waals surface area contributed by atoms with Gasteiger partial charge in [-0.05, 0) is 18.4 Å². The molecule has 0 bridgehead atoms. The second-order valence-electron chi connectivity index (χ2n) is 6.42. The van der Waals surface area contributed by atoms with E-state index in [1.165, 1.54) is 12.1 Å². The van der Waals surface area contributed by atoms with Gasteiger partial charge in [-0.3, -0.25) is 14.9 Å². The first kappa shape index (κ1) is 20.8. The molecule has 1 N–H and O–H groups in total. The summed E-state index contributed by atoms with van der Waals surface area (Å²) in [5, 5.41) is 24.6. The lowest BCUT2D eigenvalue weighted by Gasteiger charge is -2.32. The third-order valence-corrected chi connectivity index (χ3v) is 4.30. The van der Waals surface area contributed by atoms with E-state index in [1.807, 2.05) is 6.92 Å². The van der Waals surface area contributed by atoms with Gasteiger partial charge in [0, 0.05) is 24.3 Å². The lowest BCUT2D eigenvalue weighted by atomic mass is 10.0. The first-order chi connectivity index (χ1) is 12.6. The van der Waals surface area contributed by atoms with E-state index in [0.29, 0.717) is 6.42 Å². The van der Waals surface area contributed by atoms with E-state index in [1.54, 1.807) is 0 Å². The quantitative estimate of drug-likeness (QED) is 0.440. The predicted octanol–water partition coefficient (Wildman–Crippen LogP) is 3.56. The zero-order chi connectivity index (χ0) is 20.2. The average Bonchev–Trinajstić information content (AvgIpc) is 2.93. The summed E-state index contributed by atoms with van der Waals surface area (Å²) in [7, 11) is 0. The van der Waals surface area contributed by atoms with Crippen LogP contribution in [0.2, 0.25) is 0 Å². The SMILES string of the molecule is CCCCCC1=NN(C(=O)Cc2ccc([N+](=O)[O-])cc2)[C@@](O)(C(F)(F)F)C1. The molecule has 0 saturated carbocycles. The number of non-ortho nitro benzene ring substituents is 1. The van der Waals surface area contributed by atoms with Crippen molar-refractivity contribution in [3.63, 3.8) is 0 Å². The summed E-state index contributed by atoms with van der Waals surface area (Å²) in [5.74, 6) is -1.03. The van der Waals surface area contributed by atoms with Crippen LogP contribution in [-0.4, -0.2) is 38.6 Å². The molecule has 1 heterocycles. The number of benzene rings is 1. The zero-order valence-electron chi connectivity index (χ0n) is 14.7. The number of hydrogen-bond acceptors (Lipinski definition) is 5. The highest BCUT2D eigenvalue weighted by atomic mass is 19.4. The van der Waals surface area contributed by atoms with E-state index in [2.05, 4.69) is 5.10 Å². The van der Waals surface area contributed by atoms with Crippen LogP contribution in [0.4, 0.5) is 18.9 Å². The number of hydrazone groups is 1. The maximum Gasteiger partial charge on any atom is 0.438 e. The minimum absolute atomic E-state index is 0.107. The standard InChI is InChI=1S/C17H20F3N3O4/c1-2-3-4-5-13-11-16(25,17(18,19)20)22(21-13)15(24)10-12-6-8-14(9-7-12)23(26)27/h6-9,25H,2-5,10-11H2,1H3/t16-/m0/s1. The van der Waals surface area contributed by atoms with Crippen LogP contribution in [0, 0.1) is 10.1 Å². The molecule has 1 aliphatic heterocycles. The summed E-state index contributed by atoms with van der Waals surface area (Å²) in [6.45, 7) is 1.95. The number of unbranched alkanes of at least 4 members (excludes halogenated alkanes) is 2. The van der Waals surface area contributed by atoms with Gasteiger partial charge < -0.3 is 5.11 Å². The molecule has 148 valence electrons. The van der Waals surface area contributed by atoms with Crippen molar-refractivity contribution >= 4 is 17.3 Å². The van der Waals surface area contributed by atoms with E-state index >= 15 is 0 Å². The molecule has 1 aromatic rings. The van der Waals surface area contributed by atoms with Crippen molar-refractivity contribution in [3.05, 3.63) is 39.9 Å². The fourth-order valence-electron chi connectivity index (χ4n) is 2.80. The first-order valence-corrected chi connectivity index (χ1v) is 8.50. The number of halogens is 3. The van der Waals surface area contributed by atoms with E-state index in [0.717, 1.165) is 25.0 Å². The Morgan fingerprint density at radius 3 is 2.48 bits per heavy atom. The molecule has 0 spiro atoms. The molecule has 10 heteroatoms. The van der Waals surface area contributed by atoms with E-state index in [-0.39, 0.29) is 28.4 Å². The Balaban J connectivity index is 2.19. The Morgan fingerprint density at radius 2 is 1.96 bits per heavy atom. The fraction of sp³-hybridized carbons (Fsp3) is 0.529. The Hall–Kier alpha value is -2.49. The molecule has 1 aromatic carbocycles. The molecule has 0 aromatic heterocycles. The smallest absolute Gasteiger partial charge is 0.362 e. The van der Waals surface area contributed by atoms with Gasteiger partial charge in [0.15, 0.2) is 0 Å². The largest absolute Gasteiger partial charge is 0.438 e. The molecular formula is C17H20F3N3O4. The van der Waals surface area contributed by atoms with Gasteiger partial charge in [0.25, 0.3) is 11.4 Å². The Kier molecular flexibility index (Phi) is 6.19. The lowest BCUT2D eigenvalue weighted by molar-refractivity contribution is -0.384. The summed E-state index contributed by atoms with van der Waals surface area (Å²) in [5.41, 5.74) is -3.16. The molecule has 1 aliphatic rings. The number of alkyl halides is 3. The van der Waals surface area contributed by atoms with E-state index < -0.39 is 35.6 Å². The summed E-state index contributed by atoms with van der Waals surface area (Å²) in [6, 6.07) is 4.87. The van der Waals surface area contributed by atoms with Crippen molar-refractivity contribution in [2.45, 2.75) is 57.3 Å². The summed E-state index contributed by atoms with van der Waals surface area (Å²) < 4.78 is 40.2. The van der Waals surface area contributed by atoms with Crippen LogP contribution in [0.5, 0.6) is 0 Å². The van der Waals surface area contributed by atoms with Crippen molar-refractivity contribution in [3.8, 4) is 0 Å². The number of rotatable bonds is 7. The molecule has 0 radical (unpaired) electrons. The second-order valence-corrected chi connectivity index (χ2v) is 6.42. The maximum absolute atomic E-state index is 13.4. The van der Waals surface area contributed by atoms with Crippen LogP contribution in [0.25, 0.3) is 0 Å². The van der Waals surface area contributed by atoms with Gasteiger partial charge in [-0.15, -0.1) is 0 Å². The molecule has 0 unspecified atom stereocenters. The van der Waals surface area contributed by atoms with Crippen molar-refractivity contribution in [1.29, 1.82) is 0 Å². The average molecular weight is 387 g/mol. The zero-order valence-corrected chi connectivity index (χ0v) is 14.7. The minimum atomic E-state index is -5.06. The molecule has 0 saturated heterocycles. The molecule has 1 atom stereocenters. The fourth-order valence-corrected chi connectivity index (χ4v) is 2.80. The highest BCUT2D eigenvalue weighted by Gasteiger charge is 2.62. The van der Waals surface area contributed by atoms with Crippen LogP contribution in [0.3, 0.4) is 0 Å². The number of aliphatic hydroxyl groups is 1. The van der Waals surface area contributed by atoms with Crippen LogP contribution in [-0.2, 0) is 11.2 Å². The molecule has 0 aliphatic carbocycles. The molecule has 0 fully saturated rings. The summed E-state index contributed by atoms with van der Waals surface area (Å²) >= 11 is 0. The van der Waals surface area contributed by atoms with Crippen LogP contribution < -0.4 is 0 Å². The monoisotopic (exact) mass is 387 g/mol. The molecule has 2 rings (SSSR count). The highest BCUT2D eigenvalue weighted by Crippen LogP contribution is 2.41. The third kappa shape index (κ3) is 4.62. The Bertz CT molecular complexity index is 734. The van der Waals surface area contributed by atoms with Gasteiger partial charge in [-0.25, -0.2) is 0 Å². The number of nitro benzene ring substituents is 1. The predicted molar refractivity (Wildman–Crippen MR) is 90.8 cm³/mol. The number of carbonyl (C=O) groups is 1. The highest BCUT2D eigenvalue weighted by molar-refractivity contribution is 5.91. The number of hydrogen-bond donors (Lipinski definition) is 1. The Morgan fingerprint density at radius 1 is 1.33 bits per heavy atom. The van der Waals surface area contributed by atoms with Gasteiger partial charge in [-0.1, -0.05) is 31.9 Å². The van der Waals surface area contributed by atoms with E-state index in [9.17, 15) is 33.2 Å². The van der Waals surface area contributed by atoms with Gasteiger partial charge >= 0.3 is 6.18 Å². The number of amides is 1. The second kappa shape index (κ2) is 8.03. The van der Waals surface area contributed by atoms with Gasteiger partial charge in [0.1, 0.15) is 0 Å². The van der Waals surface area contributed by atoms with Crippen molar-refractivity contribution in [2.75, 3.05) is 0 Å². The van der Waals surface area contributed by atoms with Crippen LogP contribution in [0.1, 0.15) is 44.6 Å². The third-order valence-electron chi connectivity index (χ3n) is 4.30. The van der Waals surface area contributed by atoms with Crippen molar-refractivity contribution < 1.29 is 28.0 Å². The van der Waals surface area contributed by atoms with Gasteiger partial charge in [-0.2, -0.15) is 23.3 Å². The van der Waals surface area contributed by atoms with Gasteiger partial charge in [0.2, 0.25) is 5.91 Å². The van der Waals surface area contributed by atoms with Crippen LogP contribution >= 0.6 is 0 Å². The van der Waals surface area contributed by atoms with E-state index in [4.69, 9.17) is 0 Å². The maximum atomic E-state index is 13.4. The van der Waals surface area contributed by atoms with Crippen molar-refractivity contribution in [2.24, 2.45) is 5.10 Å². The molecule has 1 amide bonds. The minimum Gasteiger partial charge on any atom is -0.362 e. The summed E-state index contributed by atoms with van der Waals surface area (Å²) in [4.78, 5) is 22.4. The van der Waals surface area contributed by atoms with Gasteiger partial charge in [0.05, 0.1) is 11.3 Å². The van der Waals surface area contributed by atoms with Crippen LogP contribution in [0.15, 0.2) is 29.4 Å². The summed E-state index contributed by atoms with van der Waals surface area (Å²) in [6.07, 6.45) is -3.73. The molecular weight excluding hydrogens is 367 g/mol. The molecule has 27 heavy (non-hydrogen) atoms. The normalized spacial score (nSPS) is 19.9. The number of nitrogens with zero attached hydrogens (tertiary/aromatic N) is 3. The first-order valence-electron chi connectivity index (χ1n) is 8.50.